The van der Waals surface area contributed by atoms with Crippen molar-refractivity contribution in [1.29, 1.82) is 0 Å². The number of hydrogen-bond acceptors (Lipinski definition) is 3. The van der Waals surface area contributed by atoms with E-state index in [-0.39, 0.29) is 0 Å². The Morgan fingerprint density at radius 2 is 1.02 bits per heavy atom. The zero-order chi connectivity index (χ0) is 29.7. The van der Waals surface area contributed by atoms with Crippen molar-refractivity contribution in [3.8, 4) is 22.3 Å². The number of thiophene rings is 1. The van der Waals surface area contributed by atoms with E-state index in [1.54, 1.807) is 0 Å². The molecule has 0 fully saturated rings. The fourth-order valence-corrected chi connectivity index (χ4v) is 7.90. The van der Waals surface area contributed by atoms with Crippen LogP contribution in [0.25, 0.3) is 64.4 Å². The Morgan fingerprint density at radius 3 is 1.82 bits per heavy atom. The molecule has 0 unspecified atom stereocenters. The van der Waals surface area contributed by atoms with Gasteiger partial charge in [-0.3, -0.25) is 0 Å². The maximum atomic E-state index is 6.27. The van der Waals surface area contributed by atoms with Crippen LogP contribution < -0.4 is 4.90 Å². The highest BCUT2D eigenvalue weighted by atomic mass is 32.1. The number of rotatable bonds is 5. The van der Waals surface area contributed by atoms with Gasteiger partial charge in [0, 0.05) is 37.6 Å². The lowest BCUT2D eigenvalue weighted by atomic mass is 10.0. The number of benzene rings is 7. The fourth-order valence-electron chi connectivity index (χ4n) is 6.54. The number of anilines is 3. The summed E-state index contributed by atoms with van der Waals surface area (Å²) < 4.78 is 8.79. The van der Waals surface area contributed by atoms with Gasteiger partial charge in [-0.25, -0.2) is 0 Å². The summed E-state index contributed by atoms with van der Waals surface area (Å²) in [5, 5.41) is 4.87. The van der Waals surface area contributed by atoms with E-state index in [2.05, 4.69) is 163 Å². The molecular formula is C42H27NOS. The quantitative estimate of drug-likeness (QED) is 0.197. The minimum absolute atomic E-state index is 0.926. The van der Waals surface area contributed by atoms with Crippen molar-refractivity contribution in [2.75, 3.05) is 4.90 Å². The summed E-state index contributed by atoms with van der Waals surface area (Å²) in [5.74, 6) is 0. The Labute approximate surface area is 265 Å². The van der Waals surface area contributed by atoms with Gasteiger partial charge in [-0.2, -0.15) is 0 Å². The molecule has 2 nitrogen and oxygen atoms in total. The van der Waals surface area contributed by atoms with Crippen molar-refractivity contribution in [1.82, 2.24) is 0 Å². The monoisotopic (exact) mass is 593 g/mol. The van der Waals surface area contributed by atoms with Crippen LogP contribution in [0.1, 0.15) is 0 Å². The van der Waals surface area contributed by atoms with E-state index in [1.807, 2.05) is 17.4 Å². The van der Waals surface area contributed by atoms with Crippen LogP contribution in [0.2, 0.25) is 0 Å². The van der Waals surface area contributed by atoms with Gasteiger partial charge in [-0.15, -0.1) is 11.3 Å². The van der Waals surface area contributed by atoms with Crippen LogP contribution in [0.3, 0.4) is 0 Å². The first-order valence-corrected chi connectivity index (χ1v) is 16.0. The van der Waals surface area contributed by atoms with Gasteiger partial charge in [-0.05, 0) is 70.8 Å². The third-order valence-corrected chi connectivity index (χ3v) is 9.93. The van der Waals surface area contributed by atoms with Crippen LogP contribution in [0.4, 0.5) is 17.1 Å². The first-order valence-electron chi connectivity index (χ1n) is 15.2. The normalized spacial score (nSPS) is 11.6. The summed E-state index contributed by atoms with van der Waals surface area (Å²) in [5.41, 5.74) is 10.1. The minimum Gasteiger partial charge on any atom is -0.456 e. The average Bonchev–Trinajstić information content (AvgIpc) is 3.69. The SMILES string of the molecule is c1ccc(-c2ccc(N(c3cccc(-c4ccccc4)c3)c3cccc4c3sc3c4ccc4oc5ccccc5c43)cc2)cc1. The van der Waals surface area contributed by atoms with E-state index in [4.69, 9.17) is 4.42 Å². The largest absolute Gasteiger partial charge is 0.456 e. The molecule has 2 aromatic heterocycles. The molecule has 0 atom stereocenters. The standard InChI is InChI=1S/C42H27NOS/c1-3-11-28(12-4-1)30-21-23-32(24-22-30)43(33-16-9-15-31(27-33)29-13-5-2-6-14-29)37-19-10-18-34-35-25-26-39-40(42(35)45-41(34)37)36-17-7-8-20-38(36)44-39/h1-27H. The topological polar surface area (TPSA) is 16.4 Å². The zero-order valence-corrected chi connectivity index (χ0v) is 25.2. The summed E-state index contributed by atoms with van der Waals surface area (Å²) in [6, 6.07) is 58.4. The predicted molar refractivity (Wildman–Crippen MR) is 192 cm³/mol. The third kappa shape index (κ3) is 4.32. The van der Waals surface area contributed by atoms with Gasteiger partial charge in [0.05, 0.1) is 10.4 Å². The molecule has 0 aliphatic carbocycles. The smallest absolute Gasteiger partial charge is 0.136 e. The van der Waals surface area contributed by atoms with E-state index in [1.165, 1.54) is 47.8 Å². The van der Waals surface area contributed by atoms with Crippen molar-refractivity contribution in [3.05, 3.63) is 164 Å². The molecule has 212 valence electrons. The van der Waals surface area contributed by atoms with Crippen molar-refractivity contribution in [2.45, 2.75) is 0 Å². The highest BCUT2D eigenvalue weighted by Crippen LogP contribution is 2.48. The van der Waals surface area contributed by atoms with Crippen LogP contribution in [0.15, 0.2) is 168 Å². The van der Waals surface area contributed by atoms with Crippen LogP contribution >= 0.6 is 11.3 Å². The maximum Gasteiger partial charge on any atom is 0.136 e. The van der Waals surface area contributed by atoms with E-state index in [0.29, 0.717) is 0 Å². The molecule has 0 bridgehead atoms. The van der Waals surface area contributed by atoms with Crippen molar-refractivity contribution < 1.29 is 4.42 Å². The molecule has 7 aromatic carbocycles. The van der Waals surface area contributed by atoms with Gasteiger partial charge >= 0.3 is 0 Å². The van der Waals surface area contributed by atoms with Crippen LogP contribution in [0.5, 0.6) is 0 Å². The second-order valence-electron chi connectivity index (χ2n) is 11.3. The lowest BCUT2D eigenvalue weighted by molar-refractivity contribution is 0.669. The molecule has 9 aromatic rings. The first-order chi connectivity index (χ1) is 22.3. The average molecular weight is 594 g/mol. The molecule has 0 saturated heterocycles. The number of fused-ring (bicyclic) bond motifs is 7. The molecule has 2 heterocycles. The van der Waals surface area contributed by atoms with Crippen molar-refractivity contribution in [3.63, 3.8) is 0 Å². The van der Waals surface area contributed by atoms with Crippen molar-refractivity contribution in [2.24, 2.45) is 0 Å². The lowest BCUT2D eigenvalue weighted by Crippen LogP contribution is -2.10. The van der Waals surface area contributed by atoms with E-state index >= 15 is 0 Å². The fraction of sp³-hybridized carbons (Fsp3) is 0. The zero-order valence-electron chi connectivity index (χ0n) is 24.4. The first kappa shape index (κ1) is 25.8. The summed E-state index contributed by atoms with van der Waals surface area (Å²) in [6.45, 7) is 0. The highest BCUT2D eigenvalue weighted by Gasteiger charge is 2.21. The summed E-state index contributed by atoms with van der Waals surface area (Å²) in [7, 11) is 0. The molecule has 0 aliphatic heterocycles. The van der Waals surface area contributed by atoms with Gasteiger partial charge in [0.25, 0.3) is 0 Å². The Morgan fingerprint density at radius 1 is 0.400 bits per heavy atom. The molecule has 0 aliphatic rings. The second kappa shape index (κ2) is 10.5. The third-order valence-electron chi connectivity index (χ3n) is 8.67. The summed E-state index contributed by atoms with van der Waals surface area (Å²) in [4.78, 5) is 2.41. The maximum absolute atomic E-state index is 6.27. The van der Waals surface area contributed by atoms with Gasteiger partial charge in [0.1, 0.15) is 11.2 Å². The van der Waals surface area contributed by atoms with Crippen LogP contribution in [-0.4, -0.2) is 0 Å². The number of hydrogen-bond donors (Lipinski definition) is 0. The molecule has 0 saturated carbocycles. The van der Waals surface area contributed by atoms with E-state index < -0.39 is 0 Å². The number of furan rings is 1. The van der Waals surface area contributed by atoms with Crippen LogP contribution in [-0.2, 0) is 0 Å². The summed E-state index contributed by atoms with van der Waals surface area (Å²) >= 11 is 1.85. The molecule has 0 radical (unpaired) electrons. The lowest BCUT2D eigenvalue weighted by Gasteiger charge is -2.27. The molecule has 45 heavy (non-hydrogen) atoms. The summed E-state index contributed by atoms with van der Waals surface area (Å²) in [6.07, 6.45) is 0. The van der Waals surface area contributed by atoms with Gasteiger partial charge in [-0.1, -0.05) is 115 Å². The second-order valence-corrected chi connectivity index (χ2v) is 12.4. The predicted octanol–water partition coefficient (Wildman–Crippen LogP) is 12.8. The molecule has 9 rings (SSSR count). The Hall–Kier alpha value is -5.64. The van der Waals surface area contributed by atoms with Crippen LogP contribution in [0, 0.1) is 0 Å². The van der Waals surface area contributed by atoms with E-state index in [0.717, 1.165) is 33.6 Å². The number of para-hydroxylation sites is 1. The molecule has 0 amide bonds. The Kier molecular flexibility index (Phi) is 6.03. The van der Waals surface area contributed by atoms with Gasteiger partial charge < -0.3 is 9.32 Å². The highest BCUT2D eigenvalue weighted by molar-refractivity contribution is 7.27. The van der Waals surface area contributed by atoms with Gasteiger partial charge in [0.2, 0.25) is 0 Å². The molecule has 3 heteroatoms. The Balaban J connectivity index is 1.28. The molecular weight excluding hydrogens is 567 g/mol. The van der Waals surface area contributed by atoms with Gasteiger partial charge in [0.15, 0.2) is 0 Å². The minimum atomic E-state index is 0.926. The molecule has 0 N–H and O–H groups in total. The molecule has 0 spiro atoms. The van der Waals surface area contributed by atoms with E-state index in [9.17, 15) is 0 Å². The van der Waals surface area contributed by atoms with Crippen molar-refractivity contribution >= 4 is 70.5 Å². The number of nitrogens with zero attached hydrogens (tertiary/aromatic N) is 1. The Bertz CT molecular complexity index is 2470.